The van der Waals surface area contributed by atoms with Gasteiger partial charge in [-0.3, -0.25) is 9.59 Å². The van der Waals surface area contributed by atoms with Gasteiger partial charge in [-0.1, -0.05) is 111 Å². The van der Waals surface area contributed by atoms with Crippen LogP contribution in [0.15, 0.2) is 0 Å². The molecule has 0 aromatic heterocycles. The fourth-order valence-corrected chi connectivity index (χ4v) is 3.84. The molecule has 32 heavy (non-hydrogen) atoms. The predicted octanol–water partition coefficient (Wildman–Crippen LogP) is 8.55. The summed E-state index contributed by atoms with van der Waals surface area (Å²) in [6, 6.07) is 0. The van der Waals surface area contributed by atoms with Gasteiger partial charge in [0.15, 0.2) is 0 Å². The van der Waals surface area contributed by atoms with Crippen molar-refractivity contribution in [1.82, 2.24) is 0 Å². The van der Waals surface area contributed by atoms with Gasteiger partial charge in [0.05, 0.1) is 13.2 Å². The van der Waals surface area contributed by atoms with Gasteiger partial charge in [-0.2, -0.15) is 0 Å². The van der Waals surface area contributed by atoms with Crippen molar-refractivity contribution in [3.05, 3.63) is 0 Å². The van der Waals surface area contributed by atoms with Gasteiger partial charge in [0.25, 0.3) is 0 Å². The predicted molar refractivity (Wildman–Crippen MR) is 135 cm³/mol. The molecular weight excluding hydrogens is 400 g/mol. The lowest BCUT2D eigenvalue weighted by molar-refractivity contribution is -0.144. The first-order chi connectivity index (χ1) is 15.6. The molecule has 0 heterocycles. The highest BCUT2D eigenvalue weighted by Gasteiger charge is 2.08. The monoisotopic (exact) mass is 454 g/mol. The molecule has 4 heteroatoms. The summed E-state index contributed by atoms with van der Waals surface area (Å²) < 4.78 is 10.7. The summed E-state index contributed by atoms with van der Waals surface area (Å²) in [7, 11) is 0. The molecule has 0 spiro atoms. The molecule has 190 valence electrons. The molecule has 0 rings (SSSR count). The van der Waals surface area contributed by atoms with E-state index in [9.17, 15) is 9.59 Å². The van der Waals surface area contributed by atoms with Crippen LogP contribution in [0.5, 0.6) is 0 Å². The number of esters is 2. The average molecular weight is 455 g/mol. The molecule has 0 aromatic rings. The van der Waals surface area contributed by atoms with E-state index in [2.05, 4.69) is 20.8 Å². The van der Waals surface area contributed by atoms with Crippen molar-refractivity contribution in [2.24, 2.45) is 5.92 Å². The summed E-state index contributed by atoms with van der Waals surface area (Å²) in [5, 5.41) is 0. The topological polar surface area (TPSA) is 52.6 Å². The Morgan fingerprint density at radius 2 is 0.844 bits per heavy atom. The third-order valence-corrected chi connectivity index (χ3v) is 6.22. The van der Waals surface area contributed by atoms with Gasteiger partial charge in [0.1, 0.15) is 0 Å². The minimum Gasteiger partial charge on any atom is -0.466 e. The highest BCUT2D eigenvalue weighted by Crippen LogP contribution is 2.13. The second-order valence-corrected chi connectivity index (χ2v) is 9.57. The number of rotatable bonds is 24. The van der Waals surface area contributed by atoms with Crippen LogP contribution in [0, 0.1) is 5.92 Å². The minimum atomic E-state index is -0.0695. The van der Waals surface area contributed by atoms with E-state index in [4.69, 9.17) is 9.47 Å². The highest BCUT2D eigenvalue weighted by atomic mass is 16.5. The lowest BCUT2D eigenvalue weighted by Gasteiger charge is -2.12. The molecule has 0 saturated heterocycles. The van der Waals surface area contributed by atoms with Gasteiger partial charge in [-0.25, -0.2) is 0 Å². The van der Waals surface area contributed by atoms with E-state index in [0.717, 1.165) is 38.5 Å². The average Bonchev–Trinajstić information content (AvgIpc) is 2.77. The first-order valence-electron chi connectivity index (χ1n) is 13.9. The number of unbranched alkanes of at least 4 members (excludes halogenated alkanes) is 14. The fraction of sp³-hybridized carbons (Fsp3) is 0.929. The third kappa shape index (κ3) is 23.6. The van der Waals surface area contributed by atoms with E-state index in [1.807, 2.05) is 0 Å². The molecule has 4 nitrogen and oxygen atoms in total. The van der Waals surface area contributed by atoms with Crippen molar-refractivity contribution in [2.45, 2.75) is 149 Å². The van der Waals surface area contributed by atoms with Crippen LogP contribution < -0.4 is 0 Å². The maximum atomic E-state index is 11.8. The molecule has 0 unspecified atom stereocenters. The Bertz CT molecular complexity index is 384. The zero-order valence-corrected chi connectivity index (χ0v) is 21.8. The smallest absolute Gasteiger partial charge is 0.305 e. The Balaban J connectivity index is 3.43. The third-order valence-electron chi connectivity index (χ3n) is 6.22. The van der Waals surface area contributed by atoms with Gasteiger partial charge in [0, 0.05) is 12.8 Å². The lowest BCUT2D eigenvalue weighted by atomic mass is 10.1. The van der Waals surface area contributed by atoms with Gasteiger partial charge >= 0.3 is 11.9 Å². The highest BCUT2D eigenvalue weighted by molar-refractivity contribution is 5.69. The van der Waals surface area contributed by atoms with Crippen LogP contribution in [0.25, 0.3) is 0 Å². The van der Waals surface area contributed by atoms with E-state index in [1.54, 1.807) is 0 Å². The molecule has 0 aliphatic rings. The molecule has 0 aliphatic heterocycles. The molecule has 0 atom stereocenters. The fourth-order valence-electron chi connectivity index (χ4n) is 3.84. The largest absolute Gasteiger partial charge is 0.466 e. The van der Waals surface area contributed by atoms with Crippen molar-refractivity contribution >= 4 is 11.9 Å². The van der Waals surface area contributed by atoms with Gasteiger partial charge < -0.3 is 9.47 Å². The molecule has 0 fully saturated rings. The van der Waals surface area contributed by atoms with E-state index < -0.39 is 0 Å². The van der Waals surface area contributed by atoms with Crippen molar-refractivity contribution in [3.8, 4) is 0 Å². The Hall–Kier alpha value is -1.06. The molecular formula is C28H54O4. The summed E-state index contributed by atoms with van der Waals surface area (Å²) in [6.07, 6.45) is 22.5. The zero-order chi connectivity index (χ0) is 23.7. The SMILES string of the molecule is CCCCCCCCCCC(=O)OCCC(C)CCOC(=O)CCCCCCCCCC. The van der Waals surface area contributed by atoms with Crippen molar-refractivity contribution in [1.29, 1.82) is 0 Å². The number of ether oxygens (including phenoxy) is 2. The first-order valence-corrected chi connectivity index (χ1v) is 13.9. The minimum absolute atomic E-state index is 0.0695. The van der Waals surface area contributed by atoms with Crippen LogP contribution in [-0.2, 0) is 19.1 Å². The first kappa shape index (κ1) is 30.9. The van der Waals surface area contributed by atoms with Crippen molar-refractivity contribution in [2.75, 3.05) is 13.2 Å². The van der Waals surface area contributed by atoms with Crippen LogP contribution in [-0.4, -0.2) is 25.2 Å². The van der Waals surface area contributed by atoms with Crippen LogP contribution >= 0.6 is 0 Å². The van der Waals surface area contributed by atoms with Crippen molar-refractivity contribution in [3.63, 3.8) is 0 Å². The Labute approximate surface area is 199 Å². The van der Waals surface area contributed by atoms with Gasteiger partial charge in [-0.05, 0) is 31.6 Å². The number of carbonyl (C=O) groups excluding carboxylic acids is 2. The van der Waals surface area contributed by atoms with E-state index in [0.29, 0.717) is 32.0 Å². The normalized spacial score (nSPS) is 11.1. The molecule has 0 saturated carbocycles. The Morgan fingerprint density at radius 3 is 1.19 bits per heavy atom. The summed E-state index contributed by atoms with van der Waals surface area (Å²) >= 11 is 0. The standard InChI is InChI=1S/C28H54O4/c1-4-6-8-10-12-14-16-18-20-27(29)31-24-22-26(3)23-25-32-28(30)21-19-17-15-13-11-9-7-5-2/h26H,4-25H2,1-3H3. The molecule has 0 bridgehead atoms. The number of hydrogen-bond acceptors (Lipinski definition) is 4. The van der Waals surface area contributed by atoms with Gasteiger partial charge in [-0.15, -0.1) is 0 Å². The zero-order valence-electron chi connectivity index (χ0n) is 21.8. The Kier molecular flexibility index (Phi) is 23.8. The van der Waals surface area contributed by atoms with E-state index in [1.165, 1.54) is 77.0 Å². The summed E-state index contributed by atoms with van der Waals surface area (Å²) in [4.78, 5) is 23.6. The second kappa shape index (κ2) is 24.6. The van der Waals surface area contributed by atoms with Crippen molar-refractivity contribution < 1.29 is 19.1 Å². The lowest BCUT2D eigenvalue weighted by Crippen LogP contribution is -2.11. The van der Waals surface area contributed by atoms with E-state index >= 15 is 0 Å². The molecule has 0 aliphatic carbocycles. The molecule has 0 radical (unpaired) electrons. The second-order valence-electron chi connectivity index (χ2n) is 9.57. The maximum absolute atomic E-state index is 11.8. The van der Waals surface area contributed by atoms with Crippen LogP contribution in [0.3, 0.4) is 0 Å². The molecule has 0 N–H and O–H groups in total. The maximum Gasteiger partial charge on any atom is 0.305 e. The number of hydrogen-bond donors (Lipinski definition) is 0. The van der Waals surface area contributed by atoms with E-state index in [-0.39, 0.29) is 11.9 Å². The quantitative estimate of drug-likeness (QED) is 0.108. The van der Waals surface area contributed by atoms with Crippen LogP contribution in [0.2, 0.25) is 0 Å². The summed E-state index contributed by atoms with van der Waals surface area (Å²) in [6.45, 7) is 7.55. The van der Waals surface area contributed by atoms with Crippen LogP contribution in [0.1, 0.15) is 149 Å². The van der Waals surface area contributed by atoms with Crippen LogP contribution in [0.4, 0.5) is 0 Å². The van der Waals surface area contributed by atoms with Gasteiger partial charge in [0.2, 0.25) is 0 Å². The Morgan fingerprint density at radius 1 is 0.531 bits per heavy atom. The summed E-state index contributed by atoms with van der Waals surface area (Å²) in [5.41, 5.74) is 0. The molecule has 0 aromatic carbocycles. The molecule has 0 amide bonds. The number of carbonyl (C=O) groups is 2. The summed E-state index contributed by atoms with van der Waals surface area (Å²) in [5.74, 6) is 0.252.